The molecule has 0 spiro atoms. The second-order valence-electron chi connectivity index (χ2n) is 8.81. The highest BCUT2D eigenvalue weighted by molar-refractivity contribution is 7.10. The molecule has 0 saturated carbocycles. The molecule has 32 heavy (non-hydrogen) atoms. The van der Waals surface area contributed by atoms with E-state index in [1.807, 2.05) is 37.8 Å². The summed E-state index contributed by atoms with van der Waals surface area (Å²) in [4.78, 5) is 30.5. The van der Waals surface area contributed by atoms with Crippen LogP contribution in [0, 0.1) is 0 Å². The fraction of sp³-hybridized carbons (Fsp3) is 0.520. The van der Waals surface area contributed by atoms with Crippen LogP contribution in [-0.2, 0) is 11.2 Å². The lowest BCUT2D eigenvalue weighted by Gasteiger charge is -2.37. The fourth-order valence-corrected chi connectivity index (χ4v) is 4.85. The van der Waals surface area contributed by atoms with Gasteiger partial charge in [0.25, 0.3) is 0 Å². The standard InChI is InChI=1S/C25H35N3O3S/c1-6-27(25(30)26-18(4)5)15-24(29)28-13-11-23-21(12-14-32-23)22(28)16-31-20-9-7-19(8-10-20)17(2)3/h7-10,12,14,17-18,22H,6,11,13,15-16H2,1-5H3,(H,26,30). The van der Waals surface area contributed by atoms with Gasteiger partial charge in [-0.1, -0.05) is 26.0 Å². The molecule has 0 bridgehead atoms. The molecule has 3 rings (SSSR count). The quantitative estimate of drug-likeness (QED) is 0.618. The molecule has 174 valence electrons. The number of carbonyl (C=O) groups excluding carboxylic acids is 2. The Labute approximate surface area is 195 Å². The molecule has 1 unspecified atom stereocenters. The van der Waals surface area contributed by atoms with E-state index in [9.17, 15) is 9.59 Å². The first-order valence-corrected chi connectivity index (χ1v) is 12.3. The van der Waals surface area contributed by atoms with Gasteiger partial charge in [0.1, 0.15) is 18.9 Å². The Kier molecular flexibility index (Phi) is 8.18. The van der Waals surface area contributed by atoms with Crippen LogP contribution in [0.1, 0.15) is 62.6 Å². The number of benzene rings is 1. The van der Waals surface area contributed by atoms with Crippen LogP contribution in [0.5, 0.6) is 5.75 Å². The van der Waals surface area contributed by atoms with Crippen molar-refractivity contribution in [3.63, 3.8) is 0 Å². The predicted octanol–water partition coefficient (Wildman–Crippen LogP) is 4.82. The first-order chi connectivity index (χ1) is 15.3. The summed E-state index contributed by atoms with van der Waals surface area (Å²) in [7, 11) is 0. The van der Waals surface area contributed by atoms with Crippen molar-refractivity contribution in [2.45, 2.75) is 59.0 Å². The maximum Gasteiger partial charge on any atom is 0.318 e. The van der Waals surface area contributed by atoms with Crippen LogP contribution in [0.3, 0.4) is 0 Å². The SMILES string of the molecule is CCN(CC(=O)N1CCc2sccc2C1COc1ccc(C(C)C)cc1)C(=O)NC(C)C. The molecule has 7 heteroatoms. The largest absolute Gasteiger partial charge is 0.491 e. The van der Waals surface area contributed by atoms with Crippen molar-refractivity contribution in [3.8, 4) is 5.75 Å². The lowest BCUT2D eigenvalue weighted by atomic mass is 10.00. The summed E-state index contributed by atoms with van der Waals surface area (Å²) < 4.78 is 6.14. The van der Waals surface area contributed by atoms with Crippen molar-refractivity contribution < 1.29 is 14.3 Å². The second kappa shape index (κ2) is 10.9. The summed E-state index contributed by atoms with van der Waals surface area (Å²) in [5.74, 6) is 1.22. The average Bonchev–Trinajstić information content (AvgIpc) is 3.24. The number of ether oxygens (including phenoxy) is 1. The number of nitrogens with zero attached hydrogens (tertiary/aromatic N) is 2. The van der Waals surface area contributed by atoms with Crippen molar-refractivity contribution in [2.75, 3.05) is 26.2 Å². The molecular formula is C25H35N3O3S. The third kappa shape index (κ3) is 5.82. The van der Waals surface area contributed by atoms with E-state index in [1.165, 1.54) is 10.4 Å². The summed E-state index contributed by atoms with van der Waals surface area (Å²) >= 11 is 1.73. The van der Waals surface area contributed by atoms with Crippen LogP contribution in [0.4, 0.5) is 4.79 Å². The molecule has 6 nitrogen and oxygen atoms in total. The molecule has 1 atom stereocenters. The topological polar surface area (TPSA) is 61.9 Å². The van der Waals surface area contributed by atoms with E-state index in [4.69, 9.17) is 4.74 Å². The van der Waals surface area contributed by atoms with Gasteiger partial charge in [-0.3, -0.25) is 4.79 Å². The Morgan fingerprint density at radius 1 is 1.19 bits per heavy atom. The summed E-state index contributed by atoms with van der Waals surface area (Å²) in [6.45, 7) is 11.6. The highest BCUT2D eigenvalue weighted by Crippen LogP contribution is 2.34. The zero-order chi connectivity index (χ0) is 23.3. The minimum Gasteiger partial charge on any atom is -0.491 e. The van der Waals surface area contributed by atoms with Crippen molar-refractivity contribution in [2.24, 2.45) is 0 Å². The third-order valence-corrected chi connectivity index (χ3v) is 6.77. The Balaban J connectivity index is 1.72. The minimum atomic E-state index is -0.206. The number of amides is 3. The van der Waals surface area contributed by atoms with Gasteiger partial charge in [0.2, 0.25) is 5.91 Å². The number of carbonyl (C=O) groups is 2. The van der Waals surface area contributed by atoms with E-state index in [0.29, 0.717) is 25.6 Å². The van der Waals surface area contributed by atoms with E-state index < -0.39 is 0 Å². The number of hydrogen-bond donors (Lipinski definition) is 1. The molecular weight excluding hydrogens is 422 g/mol. The molecule has 0 aliphatic carbocycles. The molecule has 0 radical (unpaired) electrons. The molecule has 1 aliphatic heterocycles. The molecule has 0 fully saturated rings. The van der Waals surface area contributed by atoms with Gasteiger partial charge in [-0.25, -0.2) is 4.79 Å². The highest BCUT2D eigenvalue weighted by Gasteiger charge is 2.33. The van der Waals surface area contributed by atoms with Crippen LogP contribution in [0.25, 0.3) is 0 Å². The van der Waals surface area contributed by atoms with Gasteiger partial charge in [-0.15, -0.1) is 11.3 Å². The van der Waals surface area contributed by atoms with Crippen molar-refractivity contribution in [1.29, 1.82) is 0 Å². The number of likely N-dealkylation sites (N-methyl/N-ethyl adjacent to an activating group) is 1. The molecule has 0 saturated heterocycles. The molecule has 1 aromatic carbocycles. The summed E-state index contributed by atoms with van der Waals surface area (Å²) in [6.07, 6.45) is 0.836. The van der Waals surface area contributed by atoms with Gasteiger partial charge in [0, 0.05) is 24.0 Å². The van der Waals surface area contributed by atoms with Crippen molar-refractivity contribution in [1.82, 2.24) is 15.1 Å². The van der Waals surface area contributed by atoms with Crippen LogP contribution in [0.2, 0.25) is 0 Å². The number of rotatable bonds is 8. The fourth-order valence-electron chi connectivity index (χ4n) is 3.92. The number of thiophene rings is 1. The Morgan fingerprint density at radius 3 is 2.53 bits per heavy atom. The molecule has 2 heterocycles. The Hall–Kier alpha value is -2.54. The summed E-state index contributed by atoms with van der Waals surface area (Å²) in [6, 6.07) is 9.92. The smallest absolute Gasteiger partial charge is 0.318 e. The van der Waals surface area contributed by atoms with Gasteiger partial charge < -0.3 is 19.9 Å². The third-order valence-electron chi connectivity index (χ3n) is 5.78. The molecule has 1 aromatic heterocycles. The van der Waals surface area contributed by atoms with Crippen LogP contribution in [-0.4, -0.2) is 54.0 Å². The number of fused-ring (bicyclic) bond motifs is 1. The normalized spacial score (nSPS) is 15.6. The molecule has 1 N–H and O–H groups in total. The summed E-state index contributed by atoms with van der Waals surface area (Å²) in [5.41, 5.74) is 2.43. The number of urea groups is 1. The first kappa shape index (κ1) is 24.1. The van der Waals surface area contributed by atoms with Crippen LogP contribution >= 0.6 is 11.3 Å². The van der Waals surface area contributed by atoms with E-state index >= 15 is 0 Å². The highest BCUT2D eigenvalue weighted by atomic mass is 32.1. The molecule has 2 aromatic rings. The number of nitrogens with one attached hydrogen (secondary N) is 1. The Bertz CT molecular complexity index is 907. The average molecular weight is 458 g/mol. The van der Waals surface area contributed by atoms with Crippen LogP contribution in [0.15, 0.2) is 35.7 Å². The van der Waals surface area contributed by atoms with Crippen LogP contribution < -0.4 is 10.1 Å². The predicted molar refractivity (Wildman–Crippen MR) is 129 cm³/mol. The van der Waals surface area contributed by atoms with Gasteiger partial charge in [0.05, 0.1) is 6.04 Å². The zero-order valence-corrected chi connectivity index (χ0v) is 20.6. The Morgan fingerprint density at radius 2 is 1.91 bits per heavy atom. The molecule has 1 aliphatic rings. The summed E-state index contributed by atoms with van der Waals surface area (Å²) in [5, 5.41) is 4.96. The molecule has 3 amide bonds. The van der Waals surface area contributed by atoms with Crippen molar-refractivity contribution in [3.05, 3.63) is 51.7 Å². The minimum absolute atomic E-state index is 0.0261. The first-order valence-electron chi connectivity index (χ1n) is 11.4. The number of hydrogen-bond acceptors (Lipinski definition) is 4. The maximum absolute atomic E-state index is 13.3. The van der Waals surface area contributed by atoms with Gasteiger partial charge in [-0.2, -0.15) is 0 Å². The van der Waals surface area contributed by atoms with E-state index in [1.54, 1.807) is 16.2 Å². The van der Waals surface area contributed by atoms with Crippen molar-refractivity contribution >= 4 is 23.3 Å². The second-order valence-corrected chi connectivity index (χ2v) is 9.81. The van der Waals surface area contributed by atoms with E-state index in [0.717, 1.165) is 17.7 Å². The van der Waals surface area contributed by atoms with E-state index in [2.05, 4.69) is 42.7 Å². The van der Waals surface area contributed by atoms with E-state index in [-0.39, 0.29) is 30.6 Å². The maximum atomic E-state index is 13.3. The monoisotopic (exact) mass is 457 g/mol. The van der Waals surface area contributed by atoms with Gasteiger partial charge in [-0.05, 0) is 67.8 Å². The van der Waals surface area contributed by atoms with Gasteiger partial charge >= 0.3 is 6.03 Å². The van der Waals surface area contributed by atoms with Gasteiger partial charge in [0.15, 0.2) is 0 Å². The lowest BCUT2D eigenvalue weighted by Crippen LogP contribution is -2.50. The zero-order valence-electron chi connectivity index (χ0n) is 19.8. The lowest BCUT2D eigenvalue weighted by molar-refractivity contribution is -0.135.